The van der Waals surface area contributed by atoms with Gasteiger partial charge in [0, 0.05) is 19.1 Å². The van der Waals surface area contributed by atoms with E-state index in [-0.39, 0.29) is 17.9 Å². The van der Waals surface area contributed by atoms with E-state index in [2.05, 4.69) is 16.0 Å². The molecule has 1 aromatic rings. The summed E-state index contributed by atoms with van der Waals surface area (Å²) in [5.74, 6) is -0.449. The molecule has 1 aliphatic heterocycles. The highest BCUT2D eigenvalue weighted by Crippen LogP contribution is 2.16. The Morgan fingerprint density at radius 2 is 2.10 bits per heavy atom. The van der Waals surface area contributed by atoms with E-state index in [1.54, 1.807) is 24.3 Å². The average molecular weight is 291 g/mol. The van der Waals surface area contributed by atoms with Gasteiger partial charge in [-0.15, -0.1) is 0 Å². The van der Waals surface area contributed by atoms with Crippen molar-refractivity contribution in [1.82, 2.24) is 10.6 Å². The summed E-state index contributed by atoms with van der Waals surface area (Å²) < 4.78 is 5.40. The lowest BCUT2D eigenvalue weighted by Gasteiger charge is -2.23. The van der Waals surface area contributed by atoms with Crippen LogP contribution in [-0.4, -0.2) is 43.7 Å². The van der Waals surface area contributed by atoms with Crippen molar-refractivity contribution in [3.8, 4) is 0 Å². The maximum absolute atomic E-state index is 12.2. The van der Waals surface area contributed by atoms with Crippen LogP contribution in [0, 0.1) is 0 Å². The Labute approximate surface area is 124 Å². The Bertz CT molecular complexity index is 511. The van der Waals surface area contributed by atoms with E-state index in [1.807, 2.05) is 13.8 Å². The Kier molecular flexibility index (Phi) is 5.30. The smallest absolute Gasteiger partial charge is 0.254 e. The minimum absolute atomic E-state index is 0.0344. The van der Waals surface area contributed by atoms with Crippen LogP contribution in [0.25, 0.3) is 0 Å². The summed E-state index contributed by atoms with van der Waals surface area (Å²) in [6.07, 6.45) is -0.528. The number of morpholine rings is 1. The number of para-hydroxylation sites is 1. The summed E-state index contributed by atoms with van der Waals surface area (Å²) in [7, 11) is 0. The number of carbonyl (C=O) groups is 2. The number of nitrogens with one attached hydrogen (secondary N) is 3. The summed E-state index contributed by atoms with van der Waals surface area (Å²) in [5, 5.41) is 8.69. The van der Waals surface area contributed by atoms with Gasteiger partial charge in [0.25, 0.3) is 11.8 Å². The number of anilines is 1. The predicted octanol–water partition coefficient (Wildman–Crippen LogP) is 0.752. The number of ether oxygens (including phenoxy) is 1. The second-order valence-electron chi connectivity index (χ2n) is 5.23. The van der Waals surface area contributed by atoms with E-state index in [0.717, 1.165) is 6.54 Å². The minimum atomic E-state index is -0.528. The summed E-state index contributed by atoms with van der Waals surface area (Å²) in [6.45, 7) is 5.51. The number of carbonyl (C=O) groups excluding carboxylic acids is 2. The first-order chi connectivity index (χ1) is 10.1. The van der Waals surface area contributed by atoms with Crippen molar-refractivity contribution >= 4 is 17.5 Å². The average Bonchev–Trinajstić information content (AvgIpc) is 2.48. The van der Waals surface area contributed by atoms with E-state index in [1.165, 1.54) is 0 Å². The highest BCUT2D eigenvalue weighted by molar-refractivity contribution is 6.04. The van der Waals surface area contributed by atoms with Crippen LogP contribution < -0.4 is 16.0 Å². The fraction of sp³-hybridized carbons (Fsp3) is 0.467. The molecule has 1 aromatic carbocycles. The molecule has 6 nitrogen and oxygen atoms in total. The van der Waals surface area contributed by atoms with Crippen molar-refractivity contribution in [1.29, 1.82) is 0 Å². The molecule has 6 heteroatoms. The maximum Gasteiger partial charge on any atom is 0.254 e. The van der Waals surface area contributed by atoms with E-state index < -0.39 is 6.10 Å². The molecule has 0 radical (unpaired) electrons. The first kappa shape index (κ1) is 15.5. The molecule has 1 aliphatic rings. The monoisotopic (exact) mass is 291 g/mol. The fourth-order valence-corrected chi connectivity index (χ4v) is 2.08. The Hall–Kier alpha value is -1.92. The van der Waals surface area contributed by atoms with Gasteiger partial charge in [-0.1, -0.05) is 12.1 Å². The van der Waals surface area contributed by atoms with Crippen LogP contribution in [0.5, 0.6) is 0 Å². The van der Waals surface area contributed by atoms with Crippen LogP contribution in [0.1, 0.15) is 24.2 Å². The van der Waals surface area contributed by atoms with Crippen molar-refractivity contribution in [2.45, 2.75) is 26.0 Å². The van der Waals surface area contributed by atoms with Gasteiger partial charge >= 0.3 is 0 Å². The lowest BCUT2D eigenvalue weighted by Crippen LogP contribution is -2.45. The molecule has 0 spiro atoms. The van der Waals surface area contributed by atoms with Crippen LogP contribution in [0.4, 0.5) is 5.69 Å². The van der Waals surface area contributed by atoms with Crippen LogP contribution in [0.15, 0.2) is 24.3 Å². The molecular weight excluding hydrogens is 270 g/mol. The lowest BCUT2D eigenvalue weighted by atomic mass is 10.1. The standard InChI is InChI=1S/C15H21N3O3/c1-10(2)17-14(19)11-5-3-4-6-12(11)18-15(20)13-9-16-7-8-21-13/h3-6,10,13,16H,7-9H2,1-2H3,(H,17,19)(H,18,20). The third-order valence-corrected chi connectivity index (χ3v) is 3.07. The molecule has 2 amide bonds. The number of hydrogen-bond donors (Lipinski definition) is 3. The normalized spacial score (nSPS) is 18.3. The maximum atomic E-state index is 12.2. The highest BCUT2D eigenvalue weighted by atomic mass is 16.5. The second-order valence-corrected chi connectivity index (χ2v) is 5.23. The molecular formula is C15H21N3O3. The lowest BCUT2D eigenvalue weighted by molar-refractivity contribution is -0.128. The molecule has 0 bridgehead atoms. The second kappa shape index (κ2) is 7.19. The van der Waals surface area contributed by atoms with Crippen molar-refractivity contribution in [2.75, 3.05) is 25.0 Å². The van der Waals surface area contributed by atoms with Gasteiger partial charge in [-0.25, -0.2) is 0 Å². The van der Waals surface area contributed by atoms with Gasteiger partial charge in [-0.2, -0.15) is 0 Å². The van der Waals surface area contributed by atoms with Crippen LogP contribution in [0.3, 0.4) is 0 Å². The van der Waals surface area contributed by atoms with Crippen molar-refractivity contribution in [3.63, 3.8) is 0 Å². The molecule has 0 aliphatic carbocycles. The third-order valence-electron chi connectivity index (χ3n) is 3.07. The molecule has 0 aromatic heterocycles. The molecule has 0 saturated carbocycles. The minimum Gasteiger partial charge on any atom is -0.366 e. The van der Waals surface area contributed by atoms with Gasteiger partial charge in [0.05, 0.1) is 17.9 Å². The number of hydrogen-bond acceptors (Lipinski definition) is 4. The first-order valence-corrected chi connectivity index (χ1v) is 7.11. The zero-order chi connectivity index (χ0) is 15.2. The van der Waals surface area contributed by atoms with Gasteiger partial charge in [-0.3, -0.25) is 9.59 Å². The van der Waals surface area contributed by atoms with Crippen molar-refractivity contribution in [3.05, 3.63) is 29.8 Å². The topological polar surface area (TPSA) is 79.5 Å². The number of amides is 2. The Balaban J connectivity index is 2.08. The largest absolute Gasteiger partial charge is 0.366 e. The summed E-state index contributed by atoms with van der Waals surface area (Å²) in [5.41, 5.74) is 0.943. The van der Waals surface area contributed by atoms with Gasteiger partial charge in [-0.05, 0) is 26.0 Å². The van der Waals surface area contributed by atoms with E-state index in [0.29, 0.717) is 24.4 Å². The molecule has 21 heavy (non-hydrogen) atoms. The van der Waals surface area contributed by atoms with Gasteiger partial charge in [0.15, 0.2) is 0 Å². The fourth-order valence-electron chi connectivity index (χ4n) is 2.08. The molecule has 1 fully saturated rings. The third kappa shape index (κ3) is 4.27. The van der Waals surface area contributed by atoms with Crippen molar-refractivity contribution < 1.29 is 14.3 Å². The van der Waals surface area contributed by atoms with Crippen LogP contribution >= 0.6 is 0 Å². The molecule has 3 N–H and O–H groups in total. The zero-order valence-corrected chi connectivity index (χ0v) is 12.3. The Morgan fingerprint density at radius 3 is 2.76 bits per heavy atom. The molecule has 114 valence electrons. The molecule has 2 rings (SSSR count). The van der Waals surface area contributed by atoms with Gasteiger partial charge < -0.3 is 20.7 Å². The molecule has 1 saturated heterocycles. The van der Waals surface area contributed by atoms with Crippen molar-refractivity contribution in [2.24, 2.45) is 0 Å². The summed E-state index contributed by atoms with van der Waals surface area (Å²) in [6, 6.07) is 6.98. The number of rotatable bonds is 4. The summed E-state index contributed by atoms with van der Waals surface area (Å²) >= 11 is 0. The predicted molar refractivity (Wildman–Crippen MR) is 80.3 cm³/mol. The van der Waals surface area contributed by atoms with Gasteiger partial charge in [0.2, 0.25) is 0 Å². The van der Waals surface area contributed by atoms with Crippen LogP contribution in [0.2, 0.25) is 0 Å². The van der Waals surface area contributed by atoms with E-state index in [9.17, 15) is 9.59 Å². The summed E-state index contributed by atoms with van der Waals surface area (Å²) in [4.78, 5) is 24.3. The quantitative estimate of drug-likeness (QED) is 0.765. The molecule has 1 atom stereocenters. The number of benzene rings is 1. The van der Waals surface area contributed by atoms with Crippen LogP contribution in [-0.2, 0) is 9.53 Å². The van der Waals surface area contributed by atoms with E-state index >= 15 is 0 Å². The first-order valence-electron chi connectivity index (χ1n) is 7.11. The SMILES string of the molecule is CC(C)NC(=O)c1ccccc1NC(=O)C1CNCCO1. The molecule has 1 heterocycles. The Morgan fingerprint density at radius 1 is 1.33 bits per heavy atom. The van der Waals surface area contributed by atoms with Gasteiger partial charge in [0.1, 0.15) is 6.10 Å². The molecule has 1 unspecified atom stereocenters. The van der Waals surface area contributed by atoms with E-state index in [4.69, 9.17) is 4.74 Å². The highest BCUT2D eigenvalue weighted by Gasteiger charge is 2.23. The zero-order valence-electron chi connectivity index (χ0n) is 12.3.